The standard InChI is InChI=1S/C16H21N3O2/c1-3-13-8-16(19-11-18-13)17-9-14(20)10-21-15-6-4-12(2)5-7-15/h4-8,11,14,20H,3,9-10H2,1-2H3,(H,17,18,19)/t14-/m1/s1. The first-order valence-electron chi connectivity index (χ1n) is 7.09. The molecule has 1 aromatic heterocycles. The van der Waals surface area contributed by atoms with E-state index in [2.05, 4.69) is 15.3 Å². The maximum Gasteiger partial charge on any atom is 0.129 e. The number of ether oxygens (including phenoxy) is 1. The van der Waals surface area contributed by atoms with Gasteiger partial charge in [-0.3, -0.25) is 0 Å². The van der Waals surface area contributed by atoms with Gasteiger partial charge in [-0.1, -0.05) is 24.6 Å². The van der Waals surface area contributed by atoms with Crippen molar-refractivity contribution >= 4 is 5.82 Å². The number of aromatic nitrogens is 2. The van der Waals surface area contributed by atoms with Gasteiger partial charge in [0.15, 0.2) is 0 Å². The molecule has 0 spiro atoms. The van der Waals surface area contributed by atoms with E-state index >= 15 is 0 Å². The molecule has 5 nitrogen and oxygen atoms in total. The Kier molecular flexibility index (Phi) is 5.51. The number of hydrogen-bond acceptors (Lipinski definition) is 5. The first-order valence-corrected chi connectivity index (χ1v) is 7.09. The van der Waals surface area contributed by atoms with Gasteiger partial charge in [0.05, 0.1) is 0 Å². The zero-order valence-electron chi connectivity index (χ0n) is 12.4. The zero-order valence-corrected chi connectivity index (χ0v) is 12.4. The Labute approximate surface area is 125 Å². The van der Waals surface area contributed by atoms with Crippen molar-refractivity contribution in [2.24, 2.45) is 0 Å². The van der Waals surface area contributed by atoms with E-state index in [-0.39, 0.29) is 6.61 Å². The fourth-order valence-corrected chi connectivity index (χ4v) is 1.80. The van der Waals surface area contributed by atoms with E-state index in [1.165, 1.54) is 11.9 Å². The predicted octanol–water partition coefficient (Wildman–Crippen LogP) is 2.20. The lowest BCUT2D eigenvalue weighted by Crippen LogP contribution is -2.26. The van der Waals surface area contributed by atoms with Crippen molar-refractivity contribution in [2.75, 3.05) is 18.5 Å². The number of nitrogens with zero attached hydrogens (tertiary/aromatic N) is 2. The van der Waals surface area contributed by atoms with E-state index < -0.39 is 6.10 Å². The summed E-state index contributed by atoms with van der Waals surface area (Å²) in [5, 5.41) is 13.0. The Morgan fingerprint density at radius 3 is 2.71 bits per heavy atom. The molecule has 1 aromatic carbocycles. The number of rotatable bonds is 7. The second kappa shape index (κ2) is 7.59. The van der Waals surface area contributed by atoms with Crippen LogP contribution in [0.3, 0.4) is 0 Å². The summed E-state index contributed by atoms with van der Waals surface area (Å²) < 4.78 is 5.53. The van der Waals surface area contributed by atoms with Gasteiger partial charge in [0.1, 0.15) is 30.6 Å². The van der Waals surface area contributed by atoms with Gasteiger partial charge in [-0.2, -0.15) is 0 Å². The molecule has 0 unspecified atom stereocenters. The quantitative estimate of drug-likeness (QED) is 0.817. The van der Waals surface area contributed by atoms with Crippen molar-refractivity contribution in [3.63, 3.8) is 0 Å². The van der Waals surface area contributed by atoms with Gasteiger partial charge in [-0.05, 0) is 25.5 Å². The monoisotopic (exact) mass is 287 g/mol. The van der Waals surface area contributed by atoms with Crippen LogP contribution in [0.2, 0.25) is 0 Å². The van der Waals surface area contributed by atoms with Crippen molar-refractivity contribution < 1.29 is 9.84 Å². The first kappa shape index (κ1) is 15.3. The van der Waals surface area contributed by atoms with Crippen molar-refractivity contribution in [2.45, 2.75) is 26.4 Å². The molecule has 2 N–H and O–H groups in total. The SMILES string of the molecule is CCc1cc(NC[C@@H](O)COc2ccc(C)cc2)ncn1. The minimum absolute atomic E-state index is 0.238. The average molecular weight is 287 g/mol. The minimum Gasteiger partial charge on any atom is -0.491 e. The predicted molar refractivity (Wildman–Crippen MR) is 82.6 cm³/mol. The van der Waals surface area contributed by atoms with Crippen LogP contribution in [0.4, 0.5) is 5.82 Å². The summed E-state index contributed by atoms with van der Waals surface area (Å²) in [6, 6.07) is 9.63. The molecule has 0 saturated carbocycles. The van der Waals surface area contributed by atoms with Crippen LogP contribution in [-0.2, 0) is 6.42 Å². The van der Waals surface area contributed by atoms with Gasteiger partial charge in [0.2, 0.25) is 0 Å². The molecular formula is C16H21N3O2. The van der Waals surface area contributed by atoms with Gasteiger partial charge in [-0.15, -0.1) is 0 Å². The lowest BCUT2D eigenvalue weighted by Gasteiger charge is -2.14. The lowest BCUT2D eigenvalue weighted by molar-refractivity contribution is 0.117. The molecule has 0 bridgehead atoms. The zero-order chi connectivity index (χ0) is 15.1. The van der Waals surface area contributed by atoms with Crippen LogP contribution >= 0.6 is 0 Å². The van der Waals surface area contributed by atoms with Crippen LogP contribution in [0.1, 0.15) is 18.2 Å². The molecule has 0 aliphatic rings. The van der Waals surface area contributed by atoms with Gasteiger partial charge in [0.25, 0.3) is 0 Å². The third kappa shape index (κ3) is 5.04. The van der Waals surface area contributed by atoms with Crippen molar-refractivity contribution in [1.82, 2.24) is 9.97 Å². The highest BCUT2D eigenvalue weighted by Crippen LogP contribution is 2.11. The summed E-state index contributed by atoms with van der Waals surface area (Å²) in [7, 11) is 0. The van der Waals surface area contributed by atoms with E-state index in [0.29, 0.717) is 6.54 Å². The second-order valence-electron chi connectivity index (χ2n) is 4.91. The maximum absolute atomic E-state index is 9.92. The van der Waals surface area contributed by atoms with Crippen molar-refractivity contribution in [3.05, 3.63) is 47.9 Å². The van der Waals surface area contributed by atoms with Gasteiger partial charge in [-0.25, -0.2) is 9.97 Å². The highest BCUT2D eigenvalue weighted by molar-refractivity contribution is 5.34. The Morgan fingerprint density at radius 1 is 1.24 bits per heavy atom. The normalized spacial score (nSPS) is 12.0. The highest BCUT2D eigenvalue weighted by atomic mass is 16.5. The largest absolute Gasteiger partial charge is 0.491 e. The topological polar surface area (TPSA) is 67.3 Å². The molecular weight excluding hydrogens is 266 g/mol. The van der Waals surface area contributed by atoms with Crippen LogP contribution in [0.15, 0.2) is 36.7 Å². The number of benzene rings is 1. The number of nitrogens with one attached hydrogen (secondary N) is 1. The molecule has 5 heteroatoms. The Bertz CT molecular complexity index is 558. The maximum atomic E-state index is 9.92. The summed E-state index contributed by atoms with van der Waals surface area (Å²) in [5.74, 6) is 1.48. The molecule has 1 heterocycles. The molecule has 0 radical (unpaired) electrons. The van der Waals surface area contributed by atoms with E-state index in [1.807, 2.05) is 44.2 Å². The van der Waals surface area contributed by atoms with Crippen LogP contribution < -0.4 is 10.1 Å². The molecule has 0 amide bonds. The third-order valence-corrected chi connectivity index (χ3v) is 3.07. The smallest absolute Gasteiger partial charge is 0.129 e. The molecule has 0 aliphatic carbocycles. The van der Waals surface area contributed by atoms with E-state index in [4.69, 9.17) is 4.74 Å². The fourth-order valence-electron chi connectivity index (χ4n) is 1.80. The number of aryl methyl sites for hydroxylation is 2. The molecule has 112 valence electrons. The van der Waals surface area contributed by atoms with Crippen LogP contribution in [0.5, 0.6) is 5.75 Å². The van der Waals surface area contributed by atoms with Crippen LogP contribution in [0, 0.1) is 6.92 Å². The minimum atomic E-state index is -0.605. The van der Waals surface area contributed by atoms with E-state index in [0.717, 1.165) is 23.7 Å². The van der Waals surface area contributed by atoms with Crippen molar-refractivity contribution in [3.8, 4) is 5.75 Å². The van der Waals surface area contributed by atoms with Crippen molar-refractivity contribution in [1.29, 1.82) is 0 Å². The van der Waals surface area contributed by atoms with E-state index in [1.54, 1.807) is 0 Å². The summed E-state index contributed by atoms with van der Waals surface area (Å²) in [4.78, 5) is 8.24. The molecule has 2 rings (SSSR count). The Balaban J connectivity index is 1.76. The molecule has 0 fully saturated rings. The number of hydrogen-bond donors (Lipinski definition) is 2. The third-order valence-electron chi connectivity index (χ3n) is 3.07. The number of aliphatic hydroxyl groups is 1. The Hall–Kier alpha value is -2.14. The summed E-state index contributed by atoms with van der Waals surface area (Å²) in [5.41, 5.74) is 2.15. The summed E-state index contributed by atoms with van der Waals surface area (Å²) in [6.45, 7) is 4.68. The lowest BCUT2D eigenvalue weighted by atomic mass is 10.2. The average Bonchev–Trinajstić information content (AvgIpc) is 2.52. The van der Waals surface area contributed by atoms with E-state index in [9.17, 15) is 5.11 Å². The number of aliphatic hydroxyl groups excluding tert-OH is 1. The molecule has 0 aliphatic heterocycles. The summed E-state index contributed by atoms with van der Waals surface area (Å²) >= 11 is 0. The summed E-state index contributed by atoms with van der Waals surface area (Å²) in [6.07, 6.45) is 1.78. The van der Waals surface area contributed by atoms with Crippen LogP contribution in [0.25, 0.3) is 0 Å². The molecule has 1 atom stereocenters. The first-order chi connectivity index (χ1) is 10.2. The van der Waals surface area contributed by atoms with Gasteiger partial charge >= 0.3 is 0 Å². The second-order valence-corrected chi connectivity index (χ2v) is 4.91. The highest BCUT2D eigenvalue weighted by Gasteiger charge is 2.06. The Morgan fingerprint density at radius 2 is 2.00 bits per heavy atom. The molecule has 2 aromatic rings. The van der Waals surface area contributed by atoms with Crippen LogP contribution in [-0.4, -0.2) is 34.3 Å². The van der Waals surface area contributed by atoms with Gasteiger partial charge in [0, 0.05) is 18.3 Å². The molecule has 21 heavy (non-hydrogen) atoms. The van der Waals surface area contributed by atoms with Gasteiger partial charge < -0.3 is 15.2 Å². The number of anilines is 1. The molecule has 0 saturated heterocycles. The fraction of sp³-hybridized carbons (Fsp3) is 0.375.